The molecule has 0 heterocycles. The summed E-state index contributed by atoms with van der Waals surface area (Å²) in [6, 6.07) is 0. The molecule has 0 radical (unpaired) electrons. The summed E-state index contributed by atoms with van der Waals surface area (Å²) in [6.07, 6.45) is 13.3. The fraction of sp³-hybridized carbons (Fsp3) is 1.00. The molecule has 0 saturated heterocycles. The summed E-state index contributed by atoms with van der Waals surface area (Å²) in [5.74, 6) is 11.3. The van der Waals surface area contributed by atoms with Crippen LogP contribution in [0.5, 0.6) is 0 Å². The second-order valence-electron chi connectivity index (χ2n) is 14.6. The van der Waals surface area contributed by atoms with Crippen LogP contribution in [0, 0.1) is 76.4 Å². The van der Waals surface area contributed by atoms with Crippen LogP contribution in [0.3, 0.4) is 0 Å². The van der Waals surface area contributed by atoms with Crippen LogP contribution in [0.2, 0.25) is 0 Å². The summed E-state index contributed by atoms with van der Waals surface area (Å²) in [5.41, 5.74) is 0.551. The Hall–Kier alpha value is 0. The van der Waals surface area contributed by atoms with Gasteiger partial charge in [0.2, 0.25) is 0 Å². The Morgan fingerprint density at radius 3 is 1.88 bits per heavy atom. The second kappa shape index (κ2) is 10.7. The van der Waals surface area contributed by atoms with Crippen molar-refractivity contribution >= 4 is 0 Å². The van der Waals surface area contributed by atoms with E-state index in [0.717, 1.165) is 71.0 Å². The molecule has 3 fully saturated rings. The number of hydrogen-bond donors (Lipinski definition) is 0. The summed E-state index contributed by atoms with van der Waals surface area (Å²) in [4.78, 5) is 0. The molecular weight excluding hydrogens is 384 g/mol. The van der Waals surface area contributed by atoms with Crippen LogP contribution in [0.25, 0.3) is 0 Å². The van der Waals surface area contributed by atoms with Crippen molar-refractivity contribution < 1.29 is 0 Å². The smallest absolute Gasteiger partial charge is 0.0323 e. The SMILES string of the molecule is CCC1C(C)C(CC2C(C)CC(C)C(CC3CC(C(C)C)CCC3C)C2C)CCC1(C)C. The third-order valence-corrected chi connectivity index (χ3v) is 12.0. The van der Waals surface area contributed by atoms with Crippen LogP contribution >= 0.6 is 0 Å². The van der Waals surface area contributed by atoms with Crippen LogP contribution in [-0.2, 0) is 0 Å². The van der Waals surface area contributed by atoms with E-state index in [-0.39, 0.29) is 0 Å². The zero-order valence-corrected chi connectivity index (χ0v) is 23.8. The van der Waals surface area contributed by atoms with E-state index >= 15 is 0 Å². The molecule has 3 aliphatic rings. The molecule has 3 aliphatic carbocycles. The highest BCUT2D eigenvalue weighted by atomic mass is 14.5. The molecule has 0 N–H and O–H groups in total. The average Bonchev–Trinajstić information content (AvgIpc) is 2.71. The van der Waals surface area contributed by atoms with Gasteiger partial charge in [-0.1, -0.05) is 82.1 Å². The molecule has 188 valence electrons. The predicted molar refractivity (Wildman–Crippen MR) is 143 cm³/mol. The Morgan fingerprint density at radius 1 is 0.719 bits per heavy atom. The zero-order valence-electron chi connectivity index (χ0n) is 23.8. The van der Waals surface area contributed by atoms with Crippen molar-refractivity contribution in [3.8, 4) is 0 Å². The molecule has 11 unspecified atom stereocenters. The summed E-state index contributed by atoms with van der Waals surface area (Å²) in [6.45, 7) is 25.6. The van der Waals surface area contributed by atoms with Gasteiger partial charge in [0.25, 0.3) is 0 Å². The first-order valence-corrected chi connectivity index (χ1v) is 15.0. The molecule has 0 spiro atoms. The van der Waals surface area contributed by atoms with E-state index < -0.39 is 0 Å². The van der Waals surface area contributed by atoms with Gasteiger partial charge in [0.1, 0.15) is 0 Å². The van der Waals surface area contributed by atoms with E-state index in [1.165, 1.54) is 57.8 Å². The van der Waals surface area contributed by atoms with Gasteiger partial charge in [-0.25, -0.2) is 0 Å². The van der Waals surface area contributed by atoms with Crippen molar-refractivity contribution in [2.75, 3.05) is 0 Å². The van der Waals surface area contributed by atoms with E-state index in [9.17, 15) is 0 Å². The van der Waals surface area contributed by atoms with Crippen LogP contribution in [0.4, 0.5) is 0 Å². The fourth-order valence-corrected chi connectivity index (χ4v) is 9.57. The summed E-state index contributed by atoms with van der Waals surface area (Å²) in [5, 5.41) is 0. The van der Waals surface area contributed by atoms with Gasteiger partial charge in [-0.2, -0.15) is 0 Å². The number of rotatable bonds is 6. The number of hydrogen-bond acceptors (Lipinski definition) is 0. The molecule has 11 atom stereocenters. The van der Waals surface area contributed by atoms with Gasteiger partial charge in [-0.05, 0) is 121 Å². The highest BCUT2D eigenvalue weighted by molar-refractivity contribution is 4.95. The molecule has 0 aromatic carbocycles. The Bertz CT molecular complexity index is 573. The Morgan fingerprint density at radius 2 is 1.31 bits per heavy atom. The minimum Gasteiger partial charge on any atom is -0.0651 e. The first-order chi connectivity index (χ1) is 15.0. The highest BCUT2D eigenvalue weighted by Gasteiger charge is 2.45. The largest absolute Gasteiger partial charge is 0.0651 e. The Labute approximate surface area is 203 Å². The van der Waals surface area contributed by atoms with Crippen LogP contribution in [-0.4, -0.2) is 0 Å². The van der Waals surface area contributed by atoms with Crippen molar-refractivity contribution in [1.29, 1.82) is 0 Å². The molecular formula is C32H60. The Kier molecular flexibility index (Phi) is 8.92. The second-order valence-corrected chi connectivity index (χ2v) is 14.6. The molecule has 0 heteroatoms. The topological polar surface area (TPSA) is 0 Å². The van der Waals surface area contributed by atoms with E-state index in [2.05, 4.69) is 69.2 Å². The van der Waals surface area contributed by atoms with Gasteiger partial charge in [0, 0.05) is 0 Å². The quantitative estimate of drug-likeness (QED) is 0.382. The molecule has 0 bridgehead atoms. The monoisotopic (exact) mass is 444 g/mol. The van der Waals surface area contributed by atoms with E-state index in [1.54, 1.807) is 0 Å². The maximum absolute atomic E-state index is 2.68. The fourth-order valence-electron chi connectivity index (χ4n) is 9.57. The lowest BCUT2D eigenvalue weighted by molar-refractivity contribution is -0.0173. The molecule has 3 saturated carbocycles. The lowest BCUT2D eigenvalue weighted by Crippen LogP contribution is -2.43. The minimum atomic E-state index is 0.551. The van der Waals surface area contributed by atoms with Gasteiger partial charge in [-0.15, -0.1) is 0 Å². The zero-order chi connectivity index (χ0) is 23.8. The summed E-state index contributed by atoms with van der Waals surface area (Å²) >= 11 is 0. The third kappa shape index (κ3) is 5.62. The molecule has 32 heavy (non-hydrogen) atoms. The van der Waals surface area contributed by atoms with Crippen LogP contribution < -0.4 is 0 Å². The van der Waals surface area contributed by atoms with Gasteiger partial charge in [0.05, 0.1) is 0 Å². The van der Waals surface area contributed by atoms with Gasteiger partial charge in [0.15, 0.2) is 0 Å². The normalized spacial score (nSPS) is 47.5. The van der Waals surface area contributed by atoms with Crippen LogP contribution in [0.1, 0.15) is 127 Å². The minimum absolute atomic E-state index is 0.551. The lowest BCUT2D eigenvalue weighted by atomic mass is 9.54. The maximum atomic E-state index is 2.68. The van der Waals surface area contributed by atoms with Crippen molar-refractivity contribution in [2.24, 2.45) is 76.4 Å². The van der Waals surface area contributed by atoms with Crippen molar-refractivity contribution in [1.82, 2.24) is 0 Å². The lowest BCUT2D eigenvalue weighted by Gasteiger charge is -2.51. The molecule has 0 amide bonds. The van der Waals surface area contributed by atoms with Gasteiger partial charge in [-0.3, -0.25) is 0 Å². The predicted octanol–water partition coefficient (Wildman–Crippen LogP) is 10.1. The van der Waals surface area contributed by atoms with Gasteiger partial charge < -0.3 is 0 Å². The summed E-state index contributed by atoms with van der Waals surface area (Å²) in [7, 11) is 0. The standard InChI is InChI=1S/C32H60/c1-11-31-24(7)27(14-15-32(31,9)10)18-29-22(5)16-23(6)30(25(29)8)19-28-17-26(20(2)3)13-12-21(28)4/h20-31H,11-19H2,1-10H3. The van der Waals surface area contributed by atoms with E-state index in [0.29, 0.717) is 5.41 Å². The molecule has 0 aromatic heterocycles. The molecule has 0 aromatic rings. The van der Waals surface area contributed by atoms with Crippen molar-refractivity contribution in [2.45, 2.75) is 127 Å². The van der Waals surface area contributed by atoms with Gasteiger partial charge >= 0.3 is 0 Å². The first kappa shape index (κ1) is 26.6. The molecule has 0 aliphatic heterocycles. The maximum Gasteiger partial charge on any atom is -0.0323 e. The molecule has 0 nitrogen and oxygen atoms in total. The van der Waals surface area contributed by atoms with E-state index in [4.69, 9.17) is 0 Å². The highest BCUT2D eigenvalue weighted by Crippen LogP contribution is 2.54. The average molecular weight is 445 g/mol. The Balaban J connectivity index is 1.69. The van der Waals surface area contributed by atoms with Crippen LogP contribution in [0.15, 0.2) is 0 Å². The first-order valence-electron chi connectivity index (χ1n) is 15.0. The molecule has 3 rings (SSSR count). The van der Waals surface area contributed by atoms with Crippen molar-refractivity contribution in [3.63, 3.8) is 0 Å². The van der Waals surface area contributed by atoms with E-state index in [1.807, 2.05) is 0 Å². The van der Waals surface area contributed by atoms with Crippen molar-refractivity contribution in [3.05, 3.63) is 0 Å². The third-order valence-electron chi connectivity index (χ3n) is 12.0. The summed E-state index contributed by atoms with van der Waals surface area (Å²) < 4.78 is 0.